The number of benzene rings is 6. The molecule has 0 N–H and O–H groups in total. The Balaban J connectivity index is 1.25. The third-order valence-electron chi connectivity index (χ3n) is 9.77. The molecule has 224 valence electrons. The van der Waals surface area contributed by atoms with Crippen LogP contribution in [0.4, 0.5) is 17.1 Å². The van der Waals surface area contributed by atoms with E-state index in [1.54, 1.807) is 6.33 Å². The predicted octanol–water partition coefficient (Wildman–Crippen LogP) is 11.0. The van der Waals surface area contributed by atoms with Gasteiger partial charge in [0.25, 0.3) is 0 Å². The van der Waals surface area contributed by atoms with Gasteiger partial charge in [0.2, 0.25) is 0 Å². The van der Waals surface area contributed by atoms with Gasteiger partial charge in [-0.3, -0.25) is 0 Å². The summed E-state index contributed by atoms with van der Waals surface area (Å²) < 4.78 is 2.37. The van der Waals surface area contributed by atoms with Crippen molar-refractivity contribution in [1.29, 1.82) is 0 Å². The van der Waals surface area contributed by atoms with Crippen molar-refractivity contribution >= 4 is 38.9 Å². The van der Waals surface area contributed by atoms with E-state index < -0.39 is 0 Å². The minimum Gasteiger partial charge on any atom is -0.310 e. The summed E-state index contributed by atoms with van der Waals surface area (Å²) in [7, 11) is 0. The lowest BCUT2D eigenvalue weighted by Crippen LogP contribution is -2.16. The van der Waals surface area contributed by atoms with Gasteiger partial charge in [-0.05, 0) is 88.5 Å². The van der Waals surface area contributed by atoms with Gasteiger partial charge < -0.3 is 9.47 Å². The first-order chi connectivity index (χ1) is 23.1. The number of fused-ring (bicyclic) bond motifs is 6. The maximum absolute atomic E-state index is 4.23. The second-order valence-electron chi connectivity index (χ2n) is 12.8. The SMILES string of the molecule is CC1(C)c2ccccc2-c2ccc(N(c3ccc(-c4cncnc4)cc3)c3ccc4c(c3)c3ccccc3n4-c3ccccc3)cc21. The van der Waals surface area contributed by atoms with Crippen molar-refractivity contribution in [1.82, 2.24) is 14.5 Å². The molecule has 0 saturated heterocycles. The Labute approximate surface area is 274 Å². The van der Waals surface area contributed by atoms with Gasteiger partial charge in [-0.25, -0.2) is 9.97 Å². The fourth-order valence-corrected chi connectivity index (χ4v) is 7.48. The Hall–Kier alpha value is -6.00. The Morgan fingerprint density at radius 3 is 1.98 bits per heavy atom. The molecule has 0 radical (unpaired) electrons. The maximum atomic E-state index is 4.23. The monoisotopic (exact) mass is 604 g/mol. The van der Waals surface area contributed by atoms with Crippen molar-refractivity contribution < 1.29 is 0 Å². The summed E-state index contributed by atoms with van der Waals surface area (Å²) in [6, 6.07) is 50.7. The molecule has 0 spiro atoms. The van der Waals surface area contributed by atoms with Crippen LogP contribution in [0.1, 0.15) is 25.0 Å². The molecule has 0 saturated carbocycles. The van der Waals surface area contributed by atoms with Gasteiger partial charge >= 0.3 is 0 Å². The van der Waals surface area contributed by atoms with Crippen molar-refractivity contribution in [2.75, 3.05) is 4.90 Å². The molecule has 8 aromatic rings. The Kier molecular flexibility index (Phi) is 6.12. The molecule has 1 aliphatic rings. The molecule has 0 atom stereocenters. The summed E-state index contributed by atoms with van der Waals surface area (Å²) in [6.45, 7) is 4.68. The van der Waals surface area contributed by atoms with Crippen LogP contribution in [0.3, 0.4) is 0 Å². The molecule has 4 heteroatoms. The number of nitrogens with zero attached hydrogens (tertiary/aromatic N) is 4. The van der Waals surface area contributed by atoms with Gasteiger partial charge in [-0.2, -0.15) is 0 Å². The zero-order valence-electron chi connectivity index (χ0n) is 26.3. The first kappa shape index (κ1) is 27.3. The van der Waals surface area contributed by atoms with Crippen LogP contribution in [0.2, 0.25) is 0 Å². The first-order valence-electron chi connectivity index (χ1n) is 16.1. The van der Waals surface area contributed by atoms with Crippen molar-refractivity contribution in [3.8, 4) is 27.9 Å². The minimum absolute atomic E-state index is 0.0994. The van der Waals surface area contributed by atoms with Crippen LogP contribution in [0.15, 0.2) is 158 Å². The zero-order valence-corrected chi connectivity index (χ0v) is 26.3. The fourth-order valence-electron chi connectivity index (χ4n) is 7.48. The Bertz CT molecular complexity index is 2420. The lowest BCUT2D eigenvalue weighted by molar-refractivity contribution is 0.660. The topological polar surface area (TPSA) is 34.0 Å². The number of para-hydroxylation sites is 2. The van der Waals surface area contributed by atoms with Crippen LogP contribution < -0.4 is 4.90 Å². The highest BCUT2D eigenvalue weighted by molar-refractivity contribution is 6.10. The van der Waals surface area contributed by atoms with E-state index in [1.807, 2.05) is 12.4 Å². The molecule has 0 fully saturated rings. The van der Waals surface area contributed by atoms with Crippen LogP contribution in [0.5, 0.6) is 0 Å². The Morgan fingerprint density at radius 1 is 0.511 bits per heavy atom. The highest BCUT2D eigenvalue weighted by atomic mass is 15.1. The summed E-state index contributed by atoms with van der Waals surface area (Å²) in [5.41, 5.74) is 14.2. The lowest BCUT2D eigenvalue weighted by atomic mass is 9.82. The van der Waals surface area contributed by atoms with Gasteiger partial charge in [0.15, 0.2) is 0 Å². The molecule has 0 aliphatic heterocycles. The van der Waals surface area contributed by atoms with E-state index >= 15 is 0 Å². The quantitative estimate of drug-likeness (QED) is 0.196. The summed E-state index contributed by atoms with van der Waals surface area (Å²) in [5, 5.41) is 2.46. The van der Waals surface area contributed by atoms with E-state index in [9.17, 15) is 0 Å². The highest BCUT2D eigenvalue weighted by Crippen LogP contribution is 2.51. The number of aromatic nitrogens is 3. The molecule has 2 heterocycles. The summed E-state index contributed by atoms with van der Waals surface area (Å²) in [4.78, 5) is 10.9. The molecule has 9 rings (SSSR count). The molecule has 6 aromatic carbocycles. The van der Waals surface area contributed by atoms with Crippen molar-refractivity contribution in [3.05, 3.63) is 169 Å². The molecule has 1 aliphatic carbocycles. The maximum Gasteiger partial charge on any atom is 0.115 e. The third-order valence-corrected chi connectivity index (χ3v) is 9.77. The van der Waals surface area contributed by atoms with E-state index in [0.29, 0.717) is 0 Å². The molecular weight excluding hydrogens is 573 g/mol. The van der Waals surface area contributed by atoms with E-state index in [0.717, 1.165) is 33.9 Å². The Morgan fingerprint density at radius 2 is 1.15 bits per heavy atom. The second kappa shape index (κ2) is 10.5. The summed E-state index contributed by atoms with van der Waals surface area (Å²) >= 11 is 0. The van der Waals surface area contributed by atoms with Crippen LogP contribution in [-0.2, 0) is 5.41 Å². The number of anilines is 3. The first-order valence-corrected chi connectivity index (χ1v) is 16.1. The highest BCUT2D eigenvalue weighted by Gasteiger charge is 2.35. The standard InChI is InChI=1S/C43H32N4/c1-43(2)39-14-8-6-12-35(39)36-22-20-34(25-40(36)43)46(32-18-16-29(17-19-32)30-26-44-28-45-27-30)33-21-23-42-38(24-33)37-13-7-9-15-41(37)47(42)31-10-4-3-5-11-31/h3-28H,1-2H3. The molecule has 4 nitrogen and oxygen atoms in total. The predicted molar refractivity (Wildman–Crippen MR) is 194 cm³/mol. The van der Waals surface area contributed by atoms with Gasteiger partial charge in [0, 0.05) is 56.9 Å². The van der Waals surface area contributed by atoms with E-state index in [-0.39, 0.29) is 5.41 Å². The molecule has 0 amide bonds. The van der Waals surface area contributed by atoms with Gasteiger partial charge in [0.1, 0.15) is 6.33 Å². The largest absolute Gasteiger partial charge is 0.310 e. The van der Waals surface area contributed by atoms with Crippen LogP contribution in [-0.4, -0.2) is 14.5 Å². The van der Waals surface area contributed by atoms with E-state index in [1.165, 1.54) is 44.1 Å². The van der Waals surface area contributed by atoms with E-state index in [4.69, 9.17) is 0 Å². The molecule has 47 heavy (non-hydrogen) atoms. The van der Waals surface area contributed by atoms with Crippen LogP contribution in [0.25, 0.3) is 49.7 Å². The number of rotatable bonds is 5. The van der Waals surface area contributed by atoms with Crippen molar-refractivity contribution in [2.45, 2.75) is 19.3 Å². The van der Waals surface area contributed by atoms with Crippen LogP contribution >= 0.6 is 0 Å². The molecule has 0 unspecified atom stereocenters. The average molecular weight is 605 g/mol. The normalized spacial score (nSPS) is 13.1. The minimum atomic E-state index is -0.0994. The van der Waals surface area contributed by atoms with Crippen LogP contribution in [0, 0.1) is 0 Å². The number of hydrogen-bond donors (Lipinski definition) is 0. The smallest absolute Gasteiger partial charge is 0.115 e. The van der Waals surface area contributed by atoms with Gasteiger partial charge in [0.05, 0.1) is 11.0 Å². The average Bonchev–Trinajstić information content (AvgIpc) is 3.58. The second-order valence-corrected chi connectivity index (χ2v) is 12.8. The molecule has 2 aromatic heterocycles. The number of hydrogen-bond acceptors (Lipinski definition) is 3. The van der Waals surface area contributed by atoms with Gasteiger partial charge in [-0.1, -0.05) is 92.7 Å². The third kappa shape index (κ3) is 4.29. The van der Waals surface area contributed by atoms with Crippen molar-refractivity contribution in [2.24, 2.45) is 0 Å². The summed E-state index contributed by atoms with van der Waals surface area (Å²) in [6.07, 6.45) is 5.28. The van der Waals surface area contributed by atoms with Crippen molar-refractivity contribution in [3.63, 3.8) is 0 Å². The lowest BCUT2D eigenvalue weighted by Gasteiger charge is -2.28. The molecular formula is C43H32N4. The summed E-state index contributed by atoms with van der Waals surface area (Å²) in [5.74, 6) is 0. The van der Waals surface area contributed by atoms with Gasteiger partial charge in [-0.15, -0.1) is 0 Å². The fraction of sp³-hybridized carbons (Fsp3) is 0.0698. The van der Waals surface area contributed by atoms with E-state index in [2.05, 4.69) is 173 Å². The zero-order chi connectivity index (χ0) is 31.5. The molecule has 0 bridgehead atoms.